The molecule has 0 saturated carbocycles. The molecule has 1 fully saturated rings. The molecule has 2 amide bonds. The van der Waals surface area contributed by atoms with Gasteiger partial charge in [0.05, 0.1) is 12.7 Å². The number of carbonyl (C=O) groups is 2. The maximum Gasteiger partial charge on any atom is 0.337 e. The summed E-state index contributed by atoms with van der Waals surface area (Å²) in [5, 5.41) is 5.77. The molecule has 138 valence electrons. The molecule has 0 aromatic heterocycles. The van der Waals surface area contributed by atoms with Crippen molar-refractivity contribution in [2.45, 2.75) is 39.2 Å². The Morgan fingerprint density at radius 1 is 1.24 bits per heavy atom. The van der Waals surface area contributed by atoms with Crippen LogP contribution in [-0.2, 0) is 4.74 Å². The summed E-state index contributed by atoms with van der Waals surface area (Å²) in [6.45, 7) is 7.29. The quantitative estimate of drug-likeness (QED) is 0.776. The van der Waals surface area contributed by atoms with Crippen LogP contribution >= 0.6 is 0 Å². The summed E-state index contributed by atoms with van der Waals surface area (Å²) in [5.74, 6) is 0.237. The zero-order valence-corrected chi connectivity index (χ0v) is 15.4. The summed E-state index contributed by atoms with van der Waals surface area (Å²) in [6, 6.07) is 6.83. The molecule has 6 heteroatoms. The molecule has 1 atom stereocenters. The van der Waals surface area contributed by atoms with Crippen LogP contribution in [0.25, 0.3) is 0 Å². The summed E-state index contributed by atoms with van der Waals surface area (Å²) in [6.07, 6.45) is 3.58. The molecule has 1 saturated heterocycles. The van der Waals surface area contributed by atoms with E-state index in [-0.39, 0.29) is 6.03 Å². The van der Waals surface area contributed by atoms with E-state index in [9.17, 15) is 9.59 Å². The largest absolute Gasteiger partial charge is 0.465 e. The lowest BCUT2D eigenvalue weighted by molar-refractivity contribution is 0.0600. The predicted molar refractivity (Wildman–Crippen MR) is 98.9 cm³/mol. The molecule has 1 aromatic carbocycles. The number of nitrogens with one attached hydrogen (secondary N) is 2. The van der Waals surface area contributed by atoms with Crippen molar-refractivity contribution in [3.05, 3.63) is 29.8 Å². The number of benzene rings is 1. The molecule has 0 radical (unpaired) electrons. The van der Waals surface area contributed by atoms with Crippen molar-refractivity contribution >= 4 is 17.7 Å². The number of ether oxygens (including phenoxy) is 1. The summed E-state index contributed by atoms with van der Waals surface area (Å²) in [7, 11) is 1.34. The number of urea groups is 1. The molecule has 2 rings (SSSR count). The van der Waals surface area contributed by atoms with Crippen LogP contribution in [0, 0.1) is 5.92 Å². The van der Waals surface area contributed by atoms with Crippen molar-refractivity contribution in [2.24, 2.45) is 5.92 Å². The molecule has 1 aliphatic heterocycles. The Morgan fingerprint density at radius 3 is 2.60 bits per heavy atom. The van der Waals surface area contributed by atoms with Crippen LogP contribution in [0.4, 0.5) is 10.5 Å². The molecule has 1 heterocycles. The highest BCUT2D eigenvalue weighted by molar-refractivity contribution is 5.92. The third-order valence-corrected chi connectivity index (χ3v) is 4.41. The minimum absolute atomic E-state index is 0.221. The van der Waals surface area contributed by atoms with Crippen molar-refractivity contribution in [3.8, 4) is 0 Å². The monoisotopic (exact) mass is 347 g/mol. The van der Waals surface area contributed by atoms with Gasteiger partial charge in [-0.15, -0.1) is 0 Å². The van der Waals surface area contributed by atoms with Gasteiger partial charge in [-0.25, -0.2) is 9.59 Å². The van der Waals surface area contributed by atoms with E-state index in [0.717, 1.165) is 19.5 Å². The molecule has 0 bridgehead atoms. The van der Waals surface area contributed by atoms with Crippen molar-refractivity contribution < 1.29 is 14.3 Å². The third-order valence-electron chi connectivity index (χ3n) is 4.41. The number of rotatable bonds is 6. The second-order valence-corrected chi connectivity index (χ2v) is 6.94. The molecule has 0 unspecified atom stereocenters. The lowest BCUT2D eigenvalue weighted by atomic mass is 10.0. The molecule has 2 N–H and O–H groups in total. The molecular weight excluding hydrogens is 318 g/mol. The standard InChI is InChI=1S/C19H29N3O3/c1-14(2)13-22-11-5-4-6-17(22)12-20-19(24)21-16-9-7-15(8-10-16)18(23)25-3/h7-10,14,17H,4-6,11-13H2,1-3H3,(H2,20,21,24)/t17-/m1/s1. The minimum Gasteiger partial charge on any atom is -0.465 e. The van der Waals surface area contributed by atoms with Crippen molar-refractivity contribution in [1.29, 1.82) is 0 Å². The number of likely N-dealkylation sites (tertiary alicyclic amines) is 1. The smallest absolute Gasteiger partial charge is 0.337 e. The molecule has 0 aliphatic carbocycles. The summed E-state index contributed by atoms with van der Waals surface area (Å²) < 4.78 is 4.66. The highest BCUT2D eigenvalue weighted by Gasteiger charge is 2.23. The number of nitrogens with zero attached hydrogens (tertiary/aromatic N) is 1. The molecule has 25 heavy (non-hydrogen) atoms. The number of amides is 2. The van der Waals surface area contributed by atoms with Gasteiger partial charge < -0.3 is 15.4 Å². The van der Waals surface area contributed by atoms with Crippen LogP contribution in [0.3, 0.4) is 0 Å². The van der Waals surface area contributed by atoms with Gasteiger partial charge in [-0.05, 0) is 49.6 Å². The summed E-state index contributed by atoms with van der Waals surface area (Å²) in [5.41, 5.74) is 1.10. The van der Waals surface area contributed by atoms with Crippen molar-refractivity contribution in [3.63, 3.8) is 0 Å². The minimum atomic E-state index is -0.390. The molecule has 6 nitrogen and oxygen atoms in total. The summed E-state index contributed by atoms with van der Waals surface area (Å²) >= 11 is 0. The SMILES string of the molecule is COC(=O)c1ccc(NC(=O)NC[C@H]2CCCCN2CC(C)C)cc1. The first-order valence-corrected chi connectivity index (χ1v) is 8.97. The number of methoxy groups -OCH3 is 1. The zero-order valence-electron chi connectivity index (χ0n) is 15.4. The van der Waals surface area contributed by atoms with Gasteiger partial charge in [0, 0.05) is 24.8 Å². The number of hydrogen-bond donors (Lipinski definition) is 2. The van der Waals surface area contributed by atoms with Gasteiger partial charge in [0.25, 0.3) is 0 Å². The number of anilines is 1. The predicted octanol–water partition coefficient (Wildman–Crippen LogP) is 3.11. The van der Waals surface area contributed by atoms with E-state index in [4.69, 9.17) is 0 Å². The Labute approximate surface area is 149 Å². The van der Waals surface area contributed by atoms with Crippen LogP contribution in [0.2, 0.25) is 0 Å². The van der Waals surface area contributed by atoms with Gasteiger partial charge in [-0.1, -0.05) is 20.3 Å². The lowest BCUT2D eigenvalue weighted by Gasteiger charge is -2.36. The fourth-order valence-electron chi connectivity index (χ4n) is 3.19. The average molecular weight is 347 g/mol. The average Bonchev–Trinajstić information content (AvgIpc) is 2.60. The maximum absolute atomic E-state index is 12.1. The Kier molecular flexibility index (Phi) is 7.25. The maximum atomic E-state index is 12.1. The van der Waals surface area contributed by atoms with Crippen LogP contribution in [0.5, 0.6) is 0 Å². The fourth-order valence-corrected chi connectivity index (χ4v) is 3.19. The first-order chi connectivity index (χ1) is 12.0. The highest BCUT2D eigenvalue weighted by atomic mass is 16.5. The van der Waals surface area contributed by atoms with E-state index < -0.39 is 5.97 Å². The topological polar surface area (TPSA) is 70.7 Å². The van der Waals surface area contributed by atoms with Crippen LogP contribution in [0.1, 0.15) is 43.5 Å². The van der Waals surface area contributed by atoms with Crippen molar-refractivity contribution in [1.82, 2.24) is 10.2 Å². The molecule has 1 aromatic rings. The Hall–Kier alpha value is -2.08. The van der Waals surface area contributed by atoms with E-state index >= 15 is 0 Å². The van der Waals surface area contributed by atoms with Gasteiger partial charge in [-0.3, -0.25) is 4.90 Å². The van der Waals surface area contributed by atoms with Gasteiger partial charge in [0.2, 0.25) is 0 Å². The number of esters is 1. The van der Waals surface area contributed by atoms with Crippen LogP contribution in [0.15, 0.2) is 24.3 Å². The van der Waals surface area contributed by atoms with Crippen molar-refractivity contribution in [2.75, 3.05) is 32.1 Å². The van der Waals surface area contributed by atoms with E-state index in [1.54, 1.807) is 24.3 Å². The van der Waals surface area contributed by atoms with Crippen LogP contribution in [-0.4, -0.2) is 49.7 Å². The van der Waals surface area contributed by atoms with Gasteiger partial charge in [0.15, 0.2) is 0 Å². The van der Waals surface area contributed by atoms with E-state index in [1.165, 1.54) is 20.0 Å². The second kappa shape index (κ2) is 9.42. The molecule has 1 aliphatic rings. The highest BCUT2D eigenvalue weighted by Crippen LogP contribution is 2.18. The van der Waals surface area contributed by atoms with Gasteiger partial charge >= 0.3 is 12.0 Å². The normalized spacial score (nSPS) is 18.0. The summed E-state index contributed by atoms with van der Waals surface area (Å²) in [4.78, 5) is 26.0. The Bertz CT molecular complexity index is 572. The Morgan fingerprint density at radius 2 is 1.96 bits per heavy atom. The Balaban J connectivity index is 1.82. The second-order valence-electron chi connectivity index (χ2n) is 6.94. The zero-order chi connectivity index (χ0) is 18.2. The van der Waals surface area contributed by atoms with E-state index in [1.807, 2.05) is 0 Å². The van der Waals surface area contributed by atoms with E-state index in [2.05, 4.69) is 34.1 Å². The third kappa shape index (κ3) is 6.05. The number of piperidine rings is 1. The van der Waals surface area contributed by atoms with Gasteiger partial charge in [-0.2, -0.15) is 0 Å². The lowest BCUT2D eigenvalue weighted by Crippen LogP contribution is -2.48. The fraction of sp³-hybridized carbons (Fsp3) is 0.579. The number of carbonyl (C=O) groups excluding carboxylic acids is 2. The first-order valence-electron chi connectivity index (χ1n) is 8.97. The van der Waals surface area contributed by atoms with Gasteiger partial charge in [0.1, 0.15) is 0 Å². The first kappa shape index (κ1) is 19.2. The van der Waals surface area contributed by atoms with Crippen LogP contribution < -0.4 is 10.6 Å². The van der Waals surface area contributed by atoms with E-state index in [0.29, 0.717) is 29.8 Å². The molecule has 0 spiro atoms. The number of hydrogen-bond acceptors (Lipinski definition) is 4. The molecular formula is C19H29N3O3.